The molecule has 9 aromatic rings. The minimum atomic E-state index is 0.154. The Morgan fingerprint density at radius 2 is 1.04 bits per heavy atom. The fraction of sp³-hybridized carbons (Fsp3) is 0.0370. The van der Waals surface area contributed by atoms with Gasteiger partial charge in [0.05, 0.1) is 6.04 Å². The van der Waals surface area contributed by atoms with Crippen LogP contribution in [-0.4, -0.2) is 6.04 Å². The summed E-state index contributed by atoms with van der Waals surface area (Å²) < 4.78 is 0. The van der Waals surface area contributed by atoms with E-state index in [-0.39, 0.29) is 12.0 Å². The van der Waals surface area contributed by atoms with Gasteiger partial charge in [-0.3, -0.25) is 0 Å². The summed E-state index contributed by atoms with van der Waals surface area (Å²) in [6.07, 6.45) is 4.74. The molecule has 0 saturated carbocycles. The molecule has 0 fully saturated rings. The van der Waals surface area contributed by atoms with Crippen LogP contribution in [0.25, 0.3) is 49.9 Å². The second-order valence-corrected chi connectivity index (χ2v) is 14.9. The van der Waals surface area contributed by atoms with Crippen molar-refractivity contribution in [1.29, 1.82) is 0 Å². The molecule has 56 heavy (non-hydrogen) atoms. The molecule has 0 bridgehead atoms. The summed E-state index contributed by atoms with van der Waals surface area (Å²) in [6, 6.07) is 75.6. The standard InChI is InChI=1S/C54H38N2/c1-2-11-37(12-3-1)39-23-29-45(30-24-39)55(46-31-25-40(26-32-46)44-22-21-38-13-4-5-16-43(38)35-44)47-17-10-18-48(36-47)56-51-33-27-41-14-6-8-19-49(41)53(51)54-50-20-9-7-15-42(50)28-34-52(54)56/h1-36,51,53H. The Bertz CT molecular complexity index is 2930. The largest absolute Gasteiger partial charge is 0.333 e. The SMILES string of the molecule is C1=CC2C(c3ccccc31)c1c(ccc3ccccc13)N2c1cccc(N(c2ccc(-c3ccccc3)cc2)c2ccc(-c3ccc4ccccc4c3)cc2)c1. The second kappa shape index (κ2) is 13.3. The lowest BCUT2D eigenvalue weighted by Crippen LogP contribution is -2.30. The molecule has 1 heterocycles. The quantitative estimate of drug-likeness (QED) is 0.169. The number of nitrogens with zero attached hydrogens (tertiary/aromatic N) is 2. The summed E-state index contributed by atoms with van der Waals surface area (Å²) in [5, 5.41) is 5.12. The zero-order chi connectivity index (χ0) is 37.0. The summed E-state index contributed by atoms with van der Waals surface area (Å²) >= 11 is 0. The summed E-state index contributed by atoms with van der Waals surface area (Å²) in [5.41, 5.74) is 14.7. The zero-order valence-corrected chi connectivity index (χ0v) is 30.8. The summed E-state index contributed by atoms with van der Waals surface area (Å²) in [7, 11) is 0. The van der Waals surface area contributed by atoms with Crippen molar-refractivity contribution in [2.24, 2.45) is 0 Å². The zero-order valence-electron chi connectivity index (χ0n) is 30.8. The Kier molecular flexibility index (Phi) is 7.67. The van der Waals surface area contributed by atoms with Crippen molar-refractivity contribution in [2.75, 3.05) is 9.80 Å². The third kappa shape index (κ3) is 5.41. The fourth-order valence-electron chi connectivity index (χ4n) is 9.13. The third-order valence-electron chi connectivity index (χ3n) is 11.8. The second-order valence-electron chi connectivity index (χ2n) is 14.9. The highest BCUT2D eigenvalue weighted by Crippen LogP contribution is 2.54. The van der Waals surface area contributed by atoms with E-state index in [4.69, 9.17) is 0 Å². The van der Waals surface area contributed by atoms with Gasteiger partial charge in [0.25, 0.3) is 0 Å². The molecule has 9 aromatic carbocycles. The summed E-state index contributed by atoms with van der Waals surface area (Å²) in [6.45, 7) is 0. The molecule has 1 aliphatic carbocycles. The van der Waals surface area contributed by atoms with Crippen LogP contribution < -0.4 is 9.80 Å². The highest BCUT2D eigenvalue weighted by atomic mass is 15.2. The first kappa shape index (κ1) is 32.3. The third-order valence-corrected chi connectivity index (χ3v) is 11.8. The maximum absolute atomic E-state index is 2.57. The predicted octanol–water partition coefficient (Wildman–Crippen LogP) is 14.5. The predicted molar refractivity (Wildman–Crippen MR) is 237 cm³/mol. The molecule has 0 amide bonds. The summed E-state index contributed by atoms with van der Waals surface area (Å²) in [4.78, 5) is 4.96. The van der Waals surface area contributed by atoms with Crippen LogP contribution in [0.15, 0.2) is 212 Å². The number of anilines is 5. The van der Waals surface area contributed by atoms with E-state index in [1.807, 2.05) is 0 Å². The molecule has 0 aromatic heterocycles. The van der Waals surface area contributed by atoms with Gasteiger partial charge in [0.15, 0.2) is 0 Å². The van der Waals surface area contributed by atoms with Gasteiger partial charge in [-0.15, -0.1) is 0 Å². The van der Waals surface area contributed by atoms with Gasteiger partial charge in [-0.25, -0.2) is 0 Å². The van der Waals surface area contributed by atoms with Crippen LogP contribution in [-0.2, 0) is 0 Å². The molecule has 0 N–H and O–H groups in total. The van der Waals surface area contributed by atoms with E-state index in [0.29, 0.717) is 0 Å². The van der Waals surface area contributed by atoms with E-state index in [0.717, 1.165) is 17.1 Å². The number of hydrogen-bond acceptors (Lipinski definition) is 2. The molecule has 2 heteroatoms. The van der Waals surface area contributed by atoms with Gasteiger partial charge in [-0.05, 0) is 115 Å². The van der Waals surface area contributed by atoms with E-state index in [1.54, 1.807) is 0 Å². The van der Waals surface area contributed by atoms with Gasteiger partial charge < -0.3 is 9.80 Å². The number of rotatable bonds is 6. The molecular weight excluding hydrogens is 677 g/mol. The Morgan fingerprint density at radius 3 is 1.84 bits per heavy atom. The molecule has 2 atom stereocenters. The van der Waals surface area contributed by atoms with Crippen LogP contribution in [0, 0.1) is 0 Å². The molecular formula is C54H38N2. The maximum atomic E-state index is 2.57. The normalized spacial score (nSPS) is 15.4. The highest BCUT2D eigenvalue weighted by Gasteiger charge is 2.42. The fourth-order valence-corrected chi connectivity index (χ4v) is 9.13. The van der Waals surface area contributed by atoms with Gasteiger partial charge in [0.1, 0.15) is 0 Å². The molecule has 11 rings (SSSR count). The minimum Gasteiger partial charge on any atom is -0.333 e. The van der Waals surface area contributed by atoms with Crippen LogP contribution >= 0.6 is 0 Å². The molecule has 2 nitrogen and oxygen atoms in total. The summed E-state index contributed by atoms with van der Waals surface area (Å²) in [5.74, 6) is 0.227. The van der Waals surface area contributed by atoms with Crippen molar-refractivity contribution in [2.45, 2.75) is 12.0 Å². The molecule has 1 aliphatic heterocycles. The van der Waals surface area contributed by atoms with E-state index in [9.17, 15) is 0 Å². The minimum absolute atomic E-state index is 0.154. The van der Waals surface area contributed by atoms with Crippen molar-refractivity contribution in [3.63, 3.8) is 0 Å². The molecule has 2 aliphatic rings. The first-order valence-electron chi connectivity index (χ1n) is 19.5. The van der Waals surface area contributed by atoms with E-state index < -0.39 is 0 Å². The van der Waals surface area contributed by atoms with Gasteiger partial charge in [-0.2, -0.15) is 0 Å². The smallest absolute Gasteiger partial charge is 0.0636 e. The van der Waals surface area contributed by atoms with Crippen molar-refractivity contribution in [1.82, 2.24) is 0 Å². The Hall–Kier alpha value is -7.16. The lowest BCUT2D eigenvalue weighted by molar-refractivity contribution is 0.727. The molecule has 264 valence electrons. The average Bonchev–Trinajstić information content (AvgIpc) is 3.63. The molecule has 2 unspecified atom stereocenters. The van der Waals surface area contributed by atoms with Gasteiger partial charge >= 0.3 is 0 Å². The topological polar surface area (TPSA) is 6.48 Å². The number of fused-ring (bicyclic) bond motifs is 8. The van der Waals surface area contributed by atoms with Gasteiger partial charge in [0.2, 0.25) is 0 Å². The first-order valence-corrected chi connectivity index (χ1v) is 19.5. The van der Waals surface area contributed by atoms with Gasteiger partial charge in [-0.1, -0.05) is 164 Å². The van der Waals surface area contributed by atoms with Crippen LogP contribution in [0.4, 0.5) is 28.4 Å². The average molecular weight is 715 g/mol. The van der Waals surface area contributed by atoms with Crippen LogP contribution in [0.2, 0.25) is 0 Å². The molecule has 0 radical (unpaired) electrons. The van der Waals surface area contributed by atoms with Crippen LogP contribution in [0.3, 0.4) is 0 Å². The Morgan fingerprint density at radius 1 is 0.411 bits per heavy atom. The Labute approximate surface area is 327 Å². The molecule has 0 saturated heterocycles. The number of hydrogen-bond donors (Lipinski definition) is 0. The monoisotopic (exact) mass is 714 g/mol. The van der Waals surface area contributed by atoms with Crippen molar-refractivity contribution in [3.8, 4) is 22.3 Å². The Balaban J connectivity index is 1.04. The van der Waals surface area contributed by atoms with Crippen molar-refractivity contribution in [3.05, 3.63) is 229 Å². The lowest BCUT2D eigenvalue weighted by atomic mass is 9.80. The van der Waals surface area contributed by atoms with E-state index in [2.05, 4.69) is 228 Å². The first-order chi connectivity index (χ1) is 27.8. The van der Waals surface area contributed by atoms with E-state index in [1.165, 1.54) is 71.9 Å². The van der Waals surface area contributed by atoms with Crippen molar-refractivity contribution < 1.29 is 0 Å². The van der Waals surface area contributed by atoms with Gasteiger partial charge in [0, 0.05) is 34.4 Å². The maximum Gasteiger partial charge on any atom is 0.0636 e. The van der Waals surface area contributed by atoms with Crippen LogP contribution in [0.5, 0.6) is 0 Å². The van der Waals surface area contributed by atoms with Crippen molar-refractivity contribution >= 4 is 56.1 Å². The van der Waals surface area contributed by atoms with Crippen LogP contribution in [0.1, 0.15) is 22.6 Å². The van der Waals surface area contributed by atoms with E-state index >= 15 is 0 Å². The highest BCUT2D eigenvalue weighted by molar-refractivity contribution is 5.96. The number of benzene rings is 9. The lowest BCUT2D eigenvalue weighted by Gasteiger charge is -2.33. The molecule has 0 spiro atoms.